The van der Waals surface area contributed by atoms with Gasteiger partial charge in [0, 0.05) is 38.2 Å². The SMILES string of the molecule is O=C(CC1CC2CCC(C1)N2)N1CCCC(CO)C1. The molecule has 1 amide bonds. The summed E-state index contributed by atoms with van der Waals surface area (Å²) in [6.07, 6.45) is 7.80. The number of aliphatic hydroxyl groups excluding tert-OH is 1. The van der Waals surface area contributed by atoms with Crippen molar-refractivity contribution in [3.05, 3.63) is 0 Å². The van der Waals surface area contributed by atoms with E-state index in [0.29, 0.717) is 29.8 Å². The number of likely N-dealkylation sites (tertiary alicyclic amines) is 1. The zero-order chi connectivity index (χ0) is 13.2. The zero-order valence-corrected chi connectivity index (χ0v) is 11.7. The van der Waals surface area contributed by atoms with Gasteiger partial charge in [0.15, 0.2) is 0 Å². The van der Waals surface area contributed by atoms with Crippen LogP contribution in [0.2, 0.25) is 0 Å². The van der Waals surface area contributed by atoms with E-state index in [4.69, 9.17) is 0 Å². The summed E-state index contributed by atoms with van der Waals surface area (Å²) >= 11 is 0. The molecule has 0 radical (unpaired) electrons. The van der Waals surface area contributed by atoms with Gasteiger partial charge >= 0.3 is 0 Å². The maximum Gasteiger partial charge on any atom is 0.222 e. The highest BCUT2D eigenvalue weighted by Crippen LogP contribution is 2.33. The van der Waals surface area contributed by atoms with Crippen molar-refractivity contribution in [1.82, 2.24) is 10.2 Å². The van der Waals surface area contributed by atoms with Crippen LogP contribution >= 0.6 is 0 Å². The second-order valence-corrected chi connectivity index (χ2v) is 6.71. The van der Waals surface area contributed by atoms with Crippen molar-refractivity contribution in [1.29, 1.82) is 0 Å². The van der Waals surface area contributed by atoms with Gasteiger partial charge in [0.05, 0.1) is 0 Å². The first-order valence-corrected chi connectivity index (χ1v) is 7.89. The lowest BCUT2D eigenvalue weighted by Crippen LogP contribution is -2.43. The molecule has 2 bridgehead atoms. The summed E-state index contributed by atoms with van der Waals surface area (Å²) in [5.41, 5.74) is 0. The minimum atomic E-state index is 0.223. The molecule has 3 heterocycles. The molecule has 0 aromatic carbocycles. The highest BCUT2D eigenvalue weighted by atomic mass is 16.3. The molecule has 3 aliphatic heterocycles. The minimum absolute atomic E-state index is 0.223. The minimum Gasteiger partial charge on any atom is -0.396 e. The van der Waals surface area contributed by atoms with E-state index in [0.717, 1.165) is 32.4 Å². The van der Waals surface area contributed by atoms with Crippen molar-refractivity contribution in [3.8, 4) is 0 Å². The Morgan fingerprint density at radius 3 is 2.58 bits per heavy atom. The van der Waals surface area contributed by atoms with Gasteiger partial charge in [-0.25, -0.2) is 0 Å². The predicted molar refractivity (Wildman–Crippen MR) is 73.7 cm³/mol. The highest BCUT2D eigenvalue weighted by Gasteiger charge is 2.35. The van der Waals surface area contributed by atoms with Gasteiger partial charge in [-0.1, -0.05) is 0 Å². The lowest BCUT2D eigenvalue weighted by atomic mass is 9.88. The van der Waals surface area contributed by atoms with Crippen molar-refractivity contribution in [3.63, 3.8) is 0 Å². The lowest BCUT2D eigenvalue weighted by Gasteiger charge is -2.34. The largest absolute Gasteiger partial charge is 0.396 e. The summed E-state index contributed by atoms with van der Waals surface area (Å²) < 4.78 is 0. The lowest BCUT2D eigenvalue weighted by molar-refractivity contribution is -0.134. The first kappa shape index (κ1) is 13.4. The molecule has 3 fully saturated rings. The molecule has 19 heavy (non-hydrogen) atoms. The van der Waals surface area contributed by atoms with E-state index in [1.165, 1.54) is 25.7 Å². The number of fused-ring (bicyclic) bond motifs is 2. The van der Waals surface area contributed by atoms with Gasteiger partial charge in [-0.05, 0) is 50.4 Å². The van der Waals surface area contributed by atoms with Gasteiger partial charge < -0.3 is 15.3 Å². The molecule has 3 saturated heterocycles. The number of rotatable bonds is 3. The third-order valence-electron chi connectivity index (χ3n) is 5.16. The zero-order valence-electron chi connectivity index (χ0n) is 11.7. The van der Waals surface area contributed by atoms with Crippen LogP contribution < -0.4 is 5.32 Å². The number of carbonyl (C=O) groups excluding carboxylic acids is 1. The van der Waals surface area contributed by atoms with E-state index in [2.05, 4.69) is 5.32 Å². The van der Waals surface area contributed by atoms with E-state index in [9.17, 15) is 9.90 Å². The van der Waals surface area contributed by atoms with Crippen molar-refractivity contribution >= 4 is 5.91 Å². The van der Waals surface area contributed by atoms with Crippen LogP contribution in [0.15, 0.2) is 0 Å². The number of hydrogen-bond donors (Lipinski definition) is 2. The maximum absolute atomic E-state index is 12.4. The number of amides is 1. The van der Waals surface area contributed by atoms with Crippen LogP contribution in [0.3, 0.4) is 0 Å². The van der Waals surface area contributed by atoms with E-state index < -0.39 is 0 Å². The molecule has 0 spiro atoms. The number of aliphatic hydroxyl groups is 1. The van der Waals surface area contributed by atoms with Crippen molar-refractivity contribution in [2.24, 2.45) is 11.8 Å². The molecule has 0 aromatic rings. The van der Waals surface area contributed by atoms with Crippen LogP contribution in [0.25, 0.3) is 0 Å². The second kappa shape index (κ2) is 5.80. The number of nitrogens with zero attached hydrogens (tertiary/aromatic N) is 1. The third-order valence-corrected chi connectivity index (χ3v) is 5.16. The van der Waals surface area contributed by atoms with E-state index in [-0.39, 0.29) is 6.61 Å². The van der Waals surface area contributed by atoms with Gasteiger partial charge in [-0.15, -0.1) is 0 Å². The molecular weight excluding hydrogens is 240 g/mol. The Morgan fingerprint density at radius 1 is 1.16 bits per heavy atom. The monoisotopic (exact) mass is 266 g/mol. The summed E-state index contributed by atoms with van der Waals surface area (Å²) in [5.74, 6) is 1.21. The fourth-order valence-electron chi connectivity index (χ4n) is 4.16. The molecule has 0 aliphatic carbocycles. The topological polar surface area (TPSA) is 52.6 Å². The Balaban J connectivity index is 1.50. The normalized spacial score (nSPS) is 38.5. The van der Waals surface area contributed by atoms with Crippen LogP contribution in [-0.2, 0) is 4.79 Å². The van der Waals surface area contributed by atoms with Gasteiger partial charge in [0.1, 0.15) is 0 Å². The average Bonchev–Trinajstić information content (AvgIpc) is 2.78. The third kappa shape index (κ3) is 3.11. The summed E-state index contributed by atoms with van der Waals surface area (Å²) in [4.78, 5) is 14.4. The molecule has 3 rings (SSSR count). The van der Waals surface area contributed by atoms with Gasteiger partial charge in [-0.2, -0.15) is 0 Å². The molecule has 108 valence electrons. The summed E-state index contributed by atoms with van der Waals surface area (Å²) in [7, 11) is 0. The fourth-order valence-corrected chi connectivity index (χ4v) is 4.16. The van der Waals surface area contributed by atoms with Crippen LogP contribution in [0.5, 0.6) is 0 Å². The molecule has 4 heteroatoms. The molecular formula is C15H26N2O2. The summed E-state index contributed by atoms with van der Waals surface area (Å²) in [5, 5.41) is 12.9. The van der Waals surface area contributed by atoms with Crippen molar-refractivity contribution in [2.45, 2.75) is 57.0 Å². The molecule has 3 unspecified atom stereocenters. The Hall–Kier alpha value is -0.610. The van der Waals surface area contributed by atoms with Crippen LogP contribution in [0.4, 0.5) is 0 Å². The van der Waals surface area contributed by atoms with Gasteiger partial charge in [0.25, 0.3) is 0 Å². The molecule has 0 saturated carbocycles. The molecule has 4 nitrogen and oxygen atoms in total. The van der Waals surface area contributed by atoms with Crippen molar-refractivity contribution in [2.75, 3.05) is 19.7 Å². The summed E-state index contributed by atoms with van der Waals surface area (Å²) in [6, 6.07) is 1.34. The van der Waals surface area contributed by atoms with Gasteiger partial charge in [-0.3, -0.25) is 4.79 Å². The number of carbonyl (C=O) groups is 1. The van der Waals surface area contributed by atoms with E-state index in [1.807, 2.05) is 4.90 Å². The predicted octanol–water partition coefficient (Wildman–Crippen LogP) is 1.14. The quantitative estimate of drug-likeness (QED) is 0.805. The second-order valence-electron chi connectivity index (χ2n) is 6.71. The van der Waals surface area contributed by atoms with Crippen molar-refractivity contribution < 1.29 is 9.90 Å². The number of nitrogens with one attached hydrogen (secondary N) is 1. The standard InChI is InChI=1S/C15H26N2O2/c18-10-11-2-1-5-17(9-11)15(19)8-12-6-13-3-4-14(7-12)16-13/h11-14,16,18H,1-10H2. The molecule has 2 N–H and O–H groups in total. The molecule has 3 atom stereocenters. The van der Waals surface area contributed by atoms with Crippen LogP contribution in [-0.4, -0.2) is 47.7 Å². The maximum atomic E-state index is 12.4. The summed E-state index contributed by atoms with van der Waals surface area (Å²) in [6.45, 7) is 1.89. The Morgan fingerprint density at radius 2 is 1.89 bits per heavy atom. The highest BCUT2D eigenvalue weighted by molar-refractivity contribution is 5.76. The first-order valence-electron chi connectivity index (χ1n) is 7.89. The molecule has 0 aromatic heterocycles. The number of piperidine rings is 2. The van der Waals surface area contributed by atoms with Gasteiger partial charge in [0.2, 0.25) is 5.91 Å². The Bertz CT molecular complexity index is 322. The Kier molecular flexibility index (Phi) is 4.08. The number of hydrogen-bond acceptors (Lipinski definition) is 3. The average molecular weight is 266 g/mol. The molecule has 3 aliphatic rings. The first-order chi connectivity index (χ1) is 9.24. The smallest absolute Gasteiger partial charge is 0.222 e. The van der Waals surface area contributed by atoms with E-state index >= 15 is 0 Å². The fraction of sp³-hybridized carbons (Fsp3) is 0.933. The van der Waals surface area contributed by atoms with E-state index in [1.54, 1.807) is 0 Å². The van der Waals surface area contributed by atoms with Crippen LogP contribution in [0.1, 0.15) is 44.9 Å². The Labute approximate surface area is 115 Å². The van der Waals surface area contributed by atoms with Crippen LogP contribution in [0, 0.1) is 11.8 Å².